The number of rotatable bonds is 9. The maximum atomic E-state index is 10.6. The lowest BCUT2D eigenvalue weighted by atomic mass is 9.83. The smallest absolute Gasteiger partial charge is 0.116 e. The van der Waals surface area contributed by atoms with Crippen LogP contribution in [0.3, 0.4) is 0 Å². The molecule has 0 bridgehead atoms. The highest BCUT2D eigenvalue weighted by Crippen LogP contribution is 2.57. The van der Waals surface area contributed by atoms with Crippen LogP contribution in [0, 0.1) is 17.8 Å². The Kier molecular flexibility index (Phi) is 6.80. The van der Waals surface area contributed by atoms with Crippen molar-refractivity contribution >= 4 is 0 Å². The minimum absolute atomic E-state index is 0.0882. The Hall–Kier alpha value is -1.02. The van der Waals surface area contributed by atoms with Gasteiger partial charge in [0.1, 0.15) is 11.4 Å². The number of unbranched alkanes of at least 4 members (excludes halogenated alkanes) is 2. The van der Waals surface area contributed by atoms with E-state index >= 15 is 0 Å². The van der Waals surface area contributed by atoms with Crippen LogP contribution in [-0.4, -0.2) is 16.3 Å². The predicted octanol–water partition coefficient (Wildman–Crippen LogP) is 7.10. The molecule has 5 unspecified atom stereocenters. The maximum absolute atomic E-state index is 10.6. The molecule has 1 spiro atoms. The summed E-state index contributed by atoms with van der Waals surface area (Å²) in [5.41, 5.74) is 2.50. The second kappa shape index (κ2) is 8.78. The molecule has 1 N–H and O–H groups in total. The van der Waals surface area contributed by atoms with Crippen molar-refractivity contribution in [1.82, 2.24) is 0 Å². The van der Waals surface area contributed by atoms with Crippen LogP contribution in [-0.2, 0) is 4.74 Å². The zero-order valence-electron chi connectivity index (χ0n) is 18.9. The van der Waals surface area contributed by atoms with E-state index in [4.69, 9.17) is 4.74 Å². The van der Waals surface area contributed by atoms with Gasteiger partial charge in [0, 0.05) is 11.8 Å². The summed E-state index contributed by atoms with van der Waals surface area (Å²) in [5.74, 6) is 2.95. The average molecular weight is 387 g/mol. The highest BCUT2D eigenvalue weighted by Gasteiger charge is 2.57. The number of aliphatic hydroxyl groups is 1. The third kappa shape index (κ3) is 5.12. The second-order valence-corrected chi connectivity index (χ2v) is 10.2. The van der Waals surface area contributed by atoms with E-state index in [0.29, 0.717) is 17.8 Å². The van der Waals surface area contributed by atoms with Gasteiger partial charge in [-0.15, -0.1) is 0 Å². The first kappa shape index (κ1) is 21.7. The molecule has 0 saturated heterocycles. The zero-order chi connectivity index (χ0) is 20.4. The van der Waals surface area contributed by atoms with Crippen LogP contribution in [0.5, 0.6) is 0 Å². The van der Waals surface area contributed by atoms with Crippen molar-refractivity contribution < 1.29 is 9.84 Å². The molecule has 1 aliphatic heterocycles. The normalized spacial score (nSPS) is 34.2. The lowest BCUT2D eigenvalue weighted by Gasteiger charge is -2.35. The number of hydrogen-bond donors (Lipinski definition) is 1. The van der Waals surface area contributed by atoms with E-state index in [1.807, 2.05) is 6.92 Å². The standard InChI is InChI=1S/C26H42O2/c1-6-7-8-14-25(5,27)15-9-10-19(2)17-23-18-26(23)16-13-22-12-11-20(3)21(4)24(22)28-26/h11-12,17,20-21,23,27H,6-10,13-16,18H2,1-5H3/b19-17+. The van der Waals surface area contributed by atoms with Gasteiger partial charge in [-0.3, -0.25) is 0 Å². The van der Waals surface area contributed by atoms with Crippen LogP contribution in [0.25, 0.3) is 0 Å². The van der Waals surface area contributed by atoms with Gasteiger partial charge < -0.3 is 9.84 Å². The molecule has 2 heteroatoms. The molecule has 0 aromatic heterocycles. The predicted molar refractivity (Wildman–Crippen MR) is 118 cm³/mol. The molecule has 0 amide bonds. The van der Waals surface area contributed by atoms with Crippen molar-refractivity contribution in [3.63, 3.8) is 0 Å². The van der Waals surface area contributed by atoms with Gasteiger partial charge in [-0.1, -0.05) is 63.8 Å². The monoisotopic (exact) mass is 386 g/mol. The fourth-order valence-electron chi connectivity index (χ4n) is 5.01. The average Bonchev–Trinajstić information content (AvgIpc) is 3.29. The summed E-state index contributed by atoms with van der Waals surface area (Å²) in [5, 5.41) is 10.6. The molecule has 1 fully saturated rings. The SMILES string of the molecule is CCCCCC(C)(O)CCC/C(C)=C/C1CC12CCC1=C(O2)C(C)C(C)C=C1. The van der Waals surface area contributed by atoms with Crippen LogP contribution in [0.2, 0.25) is 0 Å². The molecule has 0 aromatic rings. The van der Waals surface area contributed by atoms with E-state index in [9.17, 15) is 5.11 Å². The Morgan fingerprint density at radius 1 is 1.29 bits per heavy atom. The zero-order valence-corrected chi connectivity index (χ0v) is 18.9. The van der Waals surface area contributed by atoms with E-state index in [1.54, 1.807) is 0 Å². The van der Waals surface area contributed by atoms with Gasteiger partial charge in [0.05, 0.1) is 5.60 Å². The largest absolute Gasteiger partial charge is 0.490 e. The van der Waals surface area contributed by atoms with Crippen LogP contribution in [0.4, 0.5) is 0 Å². The van der Waals surface area contributed by atoms with Crippen molar-refractivity contribution in [2.24, 2.45) is 17.8 Å². The van der Waals surface area contributed by atoms with Gasteiger partial charge in [-0.2, -0.15) is 0 Å². The topological polar surface area (TPSA) is 29.5 Å². The molecule has 3 rings (SSSR count). The first-order valence-corrected chi connectivity index (χ1v) is 11.8. The van der Waals surface area contributed by atoms with Crippen molar-refractivity contribution in [3.8, 4) is 0 Å². The summed E-state index contributed by atoms with van der Waals surface area (Å²) in [6.45, 7) is 11.1. The molecule has 2 aliphatic carbocycles. The van der Waals surface area contributed by atoms with Gasteiger partial charge in [0.2, 0.25) is 0 Å². The van der Waals surface area contributed by atoms with E-state index in [2.05, 4.69) is 45.9 Å². The Balaban J connectivity index is 1.47. The van der Waals surface area contributed by atoms with Gasteiger partial charge in [0.25, 0.3) is 0 Å². The molecule has 158 valence electrons. The lowest BCUT2D eigenvalue weighted by Crippen LogP contribution is -2.28. The molecule has 1 heterocycles. The molecule has 5 atom stereocenters. The van der Waals surface area contributed by atoms with Gasteiger partial charge in [-0.05, 0) is 70.3 Å². The number of allylic oxidation sites excluding steroid dienone is 5. The molecule has 0 aromatic carbocycles. The van der Waals surface area contributed by atoms with E-state index in [-0.39, 0.29) is 5.60 Å². The summed E-state index contributed by atoms with van der Waals surface area (Å²) in [4.78, 5) is 0. The van der Waals surface area contributed by atoms with E-state index < -0.39 is 5.60 Å². The van der Waals surface area contributed by atoms with E-state index in [1.165, 1.54) is 42.6 Å². The summed E-state index contributed by atoms with van der Waals surface area (Å²) < 4.78 is 6.64. The van der Waals surface area contributed by atoms with Crippen LogP contribution in [0.15, 0.2) is 35.1 Å². The highest BCUT2D eigenvalue weighted by molar-refractivity contribution is 5.34. The van der Waals surface area contributed by atoms with Crippen LogP contribution >= 0.6 is 0 Å². The molecular weight excluding hydrogens is 344 g/mol. The number of ether oxygens (including phenoxy) is 1. The Labute approximate surface area is 173 Å². The van der Waals surface area contributed by atoms with E-state index in [0.717, 1.165) is 38.5 Å². The molecule has 2 nitrogen and oxygen atoms in total. The van der Waals surface area contributed by atoms with Gasteiger partial charge in [-0.25, -0.2) is 0 Å². The second-order valence-electron chi connectivity index (χ2n) is 10.2. The molecular formula is C26H42O2. The van der Waals surface area contributed by atoms with Crippen molar-refractivity contribution in [1.29, 1.82) is 0 Å². The number of hydrogen-bond acceptors (Lipinski definition) is 2. The minimum atomic E-state index is -0.493. The van der Waals surface area contributed by atoms with Gasteiger partial charge >= 0.3 is 0 Å². The summed E-state index contributed by atoms with van der Waals surface area (Å²) in [6.07, 6.45) is 18.3. The first-order chi connectivity index (χ1) is 13.3. The van der Waals surface area contributed by atoms with Gasteiger partial charge in [0.15, 0.2) is 0 Å². The van der Waals surface area contributed by atoms with Crippen molar-refractivity contribution in [2.75, 3.05) is 0 Å². The highest BCUT2D eigenvalue weighted by atomic mass is 16.5. The Bertz CT molecular complexity index is 639. The lowest BCUT2D eigenvalue weighted by molar-refractivity contribution is 0.0359. The third-order valence-electron chi connectivity index (χ3n) is 7.42. The van der Waals surface area contributed by atoms with Crippen molar-refractivity contribution in [3.05, 3.63) is 35.1 Å². The first-order valence-electron chi connectivity index (χ1n) is 11.8. The molecule has 0 radical (unpaired) electrons. The Morgan fingerprint density at radius 2 is 2.04 bits per heavy atom. The van der Waals surface area contributed by atoms with Crippen LogP contribution in [0.1, 0.15) is 98.8 Å². The van der Waals surface area contributed by atoms with Crippen molar-refractivity contribution in [2.45, 2.75) is 110 Å². The Morgan fingerprint density at radius 3 is 2.79 bits per heavy atom. The molecule has 28 heavy (non-hydrogen) atoms. The quantitative estimate of drug-likeness (QED) is 0.338. The summed E-state index contributed by atoms with van der Waals surface area (Å²) in [6, 6.07) is 0. The fraction of sp³-hybridized carbons (Fsp3) is 0.769. The third-order valence-corrected chi connectivity index (χ3v) is 7.42. The van der Waals surface area contributed by atoms with Crippen LogP contribution < -0.4 is 0 Å². The summed E-state index contributed by atoms with van der Waals surface area (Å²) >= 11 is 0. The molecule has 3 aliphatic rings. The minimum Gasteiger partial charge on any atom is -0.490 e. The molecule has 1 saturated carbocycles. The summed E-state index contributed by atoms with van der Waals surface area (Å²) in [7, 11) is 0. The fourth-order valence-corrected chi connectivity index (χ4v) is 5.01. The maximum Gasteiger partial charge on any atom is 0.116 e.